The van der Waals surface area contributed by atoms with Gasteiger partial charge < -0.3 is 5.32 Å². The zero-order valence-corrected chi connectivity index (χ0v) is 13.1. The van der Waals surface area contributed by atoms with Crippen molar-refractivity contribution in [2.24, 2.45) is 0 Å². The number of fused-ring (bicyclic) bond motifs is 1. The van der Waals surface area contributed by atoms with Crippen molar-refractivity contribution in [2.45, 2.75) is 13.0 Å². The molecule has 2 aromatic carbocycles. The molecule has 1 heterocycles. The van der Waals surface area contributed by atoms with E-state index in [1.54, 1.807) is 18.3 Å². The maximum absolute atomic E-state index is 11.1. The molecule has 23 heavy (non-hydrogen) atoms. The minimum atomic E-state index is -0.392. The van der Waals surface area contributed by atoms with E-state index in [4.69, 9.17) is 11.6 Å². The Morgan fingerprint density at radius 2 is 1.87 bits per heavy atom. The maximum atomic E-state index is 11.1. The first kappa shape index (κ1) is 15.2. The standard InChI is InChI=1S/C17H14ClN3O2/c1-11(12-2-4-13(18)5-3-12)20-16-6-7-17(21(22)23)15-10-19-9-8-14(15)16/h2-11,20H,1H3. The van der Waals surface area contributed by atoms with Gasteiger partial charge in [-0.1, -0.05) is 23.7 Å². The summed E-state index contributed by atoms with van der Waals surface area (Å²) in [5.41, 5.74) is 1.96. The van der Waals surface area contributed by atoms with E-state index in [1.807, 2.05) is 31.2 Å². The molecule has 0 aliphatic carbocycles. The summed E-state index contributed by atoms with van der Waals surface area (Å²) in [7, 11) is 0. The Morgan fingerprint density at radius 1 is 1.13 bits per heavy atom. The van der Waals surface area contributed by atoms with E-state index < -0.39 is 4.92 Å². The first-order chi connectivity index (χ1) is 11.1. The topological polar surface area (TPSA) is 68.1 Å². The molecule has 1 unspecified atom stereocenters. The van der Waals surface area contributed by atoms with E-state index in [0.29, 0.717) is 10.4 Å². The van der Waals surface area contributed by atoms with Gasteiger partial charge in [-0.15, -0.1) is 0 Å². The highest BCUT2D eigenvalue weighted by molar-refractivity contribution is 6.30. The predicted octanol–water partition coefficient (Wildman–Crippen LogP) is 4.97. The number of hydrogen-bond donors (Lipinski definition) is 1. The van der Waals surface area contributed by atoms with Gasteiger partial charge in [0.1, 0.15) is 0 Å². The van der Waals surface area contributed by atoms with E-state index in [0.717, 1.165) is 16.6 Å². The van der Waals surface area contributed by atoms with Crippen LogP contribution in [0.1, 0.15) is 18.5 Å². The molecule has 0 saturated carbocycles. The van der Waals surface area contributed by atoms with E-state index in [9.17, 15) is 10.1 Å². The molecule has 3 rings (SSSR count). The van der Waals surface area contributed by atoms with Crippen LogP contribution in [-0.4, -0.2) is 9.91 Å². The van der Waals surface area contributed by atoms with Crippen molar-refractivity contribution >= 4 is 33.7 Å². The average Bonchev–Trinajstić information content (AvgIpc) is 2.55. The number of nitro benzene ring substituents is 1. The van der Waals surface area contributed by atoms with Crippen LogP contribution in [0.25, 0.3) is 10.8 Å². The zero-order chi connectivity index (χ0) is 16.4. The number of non-ortho nitro benzene ring substituents is 1. The van der Waals surface area contributed by atoms with E-state index >= 15 is 0 Å². The Kier molecular flexibility index (Phi) is 4.12. The molecule has 1 aromatic heterocycles. The second-order valence-corrected chi connectivity index (χ2v) is 5.66. The van der Waals surface area contributed by atoms with E-state index in [2.05, 4.69) is 10.3 Å². The molecule has 0 aliphatic heterocycles. The fraction of sp³-hybridized carbons (Fsp3) is 0.118. The molecule has 5 nitrogen and oxygen atoms in total. The van der Waals surface area contributed by atoms with Crippen molar-refractivity contribution in [3.8, 4) is 0 Å². The molecule has 1 atom stereocenters. The van der Waals surface area contributed by atoms with Crippen molar-refractivity contribution in [2.75, 3.05) is 5.32 Å². The van der Waals surface area contributed by atoms with Gasteiger partial charge in [0.15, 0.2) is 0 Å². The maximum Gasteiger partial charge on any atom is 0.278 e. The lowest BCUT2D eigenvalue weighted by molar-refractivity contribution is -0.383. The van der Waals surface area contributed by atoms with Crippen LogP contribution in [-0.2, 0) is 0 Å². The monoisotopic (exact) mass is 327 g/mol. The van der Waals surface area contributed by atoms with Crippen molar-refractivity contribution in [1.82, 2.24) is 4.98 Å². The third-order valence-electron chi connectivity index (χ3n) is 3.73. The van der Waals surface area contributed by atoms with Crippen LogP contribution >= 0.6 is 11.6 Å². The molecule has 116 valence electrons. The quantitative estimate of drug-likeness (QED) is 0.542. The highest BCUT2D eigenvalue weighted by Gasteiger charge is 2.15. The first-order valence-electron chi connectivity index (χ1n) is 7.09. The highest BCUT2D eigenvalue weighted by atomic mass is 35.5. The SMILES string of the molecule is CC(Nc1ccc([N+](=O)[O-])c2cnccc12)c1ccc(Cl)cc1. The third kappa shape index (κ3) is 3.10. The van der Waals surface area contributed by atoms with Gasteiger partial charge >= 0.3 is 0 Å². The largest absolute Gasteiger partial charge is 0.378 e. The van der Waals surface area contributed by atoms with E-state index in [1.165, 1.54) is 12.3 Å². The van der Waals surface area contributed by atoms with Gasteiger partial charge in [-0.25, -0.2) is 0 Å². The Balaban J connectivity index is 1.99. The number of rotatable bonds is 4. The molecule has 0 fully saturated rings. The van der Waals surface area contributed by atoms with Gasteiger partial charge in [0.05, 0.1) is 10.3 Å². The van der Waals surface area contributed by atoms with Crippen LogP contribution in [0.4, 0.5) is 11.4 Å². The molecule has 6 heteroatoms. The second kappa shape index (κ2) is 6.22. The van der Waals surface area contributed by atoms with Crippen LogP contribution in [0.2, 0.25) is 5.02 Å². The summed E-state index contributed by atoms with van der Waals surface area (Å²) < 4.78 is 0. The number of halogens is 1. The smallest absolute Gasteiger partial charge is 0.278 e. The zero-order valence-electron chi connectivity index (χ0n) is 12.4. The van der Waals surface area contributed by atoms with E-state index in [-0.39, 0.29) is 11.7 Å². The number of benzene rings is 2. The molecule has 0 aliphatic rings. The molecule has 0 amide bonds. The molecular weight excluding hydrogens is 314 g/mol. The van der Waals surface area contributed by atoms with Gasteiger partial charge in [0.25, 0.3) is 5.69 Å². The van der Waals surface area contributed by atoms with Crippen molar-refractivity contribution < 1.29 is 4.92 Å². The number of hydrogen-bond acceptors (Lipinski definition) is 4. The molecule has 0 radical (unpaired) electrons. The van der Waals surface area contributed by atoms with Crippen molar-refractivity contribution in [3.05, 3.63) is 75.6 Å². The number of anilines is 1. The molecule has 0 saturated heterocycles. The number of nitro groups is 1. The minimum absolute atomic E-state index is 0.0325. The Hall–Kier alpha value is -2.66. The average molecular weight is 328 g/mol. The lowest BCUT2D eigenvalue weighted by Gasteiger charge is -2.17. The minimum Gasteiger partial charge on any atom is -0.378 e. The summed E-state index contributed by atoms with van der Waals surface area (Å²) in [4.78, 5) is 14.8. The molecule has 3 aromatic rings. The van der Waals surface area contributed by atoms with Gasteiger partial charge in [-0.05, 0) is 36.8 Å². The van der Waals surface area contributed by atoms with Crippen molar-refractivity contribution in [3.63, 3.8) is 0 Å². The van der Waals surface area contributed by atoms with Crippen molar-refractivity contribution in [1.29, 1.82) is 0 Å². The molecular formula is C17H14ClN3O2. The van der Waals surface area contributed by atoms with Crippen LogP contribution in [0, 0.1) is 10.1 Å². The lowest BCUT2D eigenvalue weighted by atomic mass is 10.1. The summed E-state index contributed by atoms with van der Waals surface area (Å²) in [5.74, 6) is 0. The van der Waals surface area contributed by atoms with Gasteiger partial charge in [-0.2, -0.15) is 0 Å². The summed E-state index contributed by atoms with van der Waals surface area (Å²) in [6, 6.07) is 12.6. The molecule has 0 spiro atoms. The van der Waals surface area contributed by atoms with Crippen LogP contribution < -0.4 is 5.32 Å². The summed E-state index contributed by atoms with van der Waals surface area (Å²) in [5, 5.41) is 16.5. The number of nitrogens with one attached hydrogen (secondary N) is 1. The normalized spacial score (nSPS) is 12.1. The Labute approximate surface area is 138 Å². The van der Waals surface area contributed by atoms with Gasteiger partial charge in [0, 0.05) is 40.6 Å². The Morgan fingerprint density at radius 3 is 2.57 bits per heavy atom. The van der Waals surface area contributed by atoms with Gasteiger partial charge in [0.2, 0.25) is 0 Å². The predicted molar refractivity (Wildman–Crippen MR) is 91.9 cm³/mol. The van der Waals surface area contributed by atoms with Crippen LogP contribution in [0.3, 0.4) is 0 Å². The molecule has 1 N–H and O–H groups in total. The first-order valence-corrected chi connectivity index (χ1v) is 7.47. The number of nitrogens with zero attached hydrogens (tertiary/aromatic N) is 2. The number of aromatic nitrogens is 1. The second-order valence-electron chi connectivity index (χ2n) is 5.23. The highest BCUT2D eigenvalue weighted by Crippen LogP contribution is 2.32. The van der Waals surface area contributed by atoms with Gasteiger partial charge in [-0.3, -0.25) is 15.1 Å². The van der Waals surface area contributed by atoms with Crippen LogP contribution in [0.15, 0.2) is 54.9 Å². The fourth-order valence-electron chi connectivity index (χ4n) is 2.53. The van der Waals surface area contributed by atoms with Crippen LogP contribution in [0.5, 0.6) is 0 Å². The third-order valence-corrected chi connectivity index (χ3v) is 3.99. The Bertz CT molecular complexity index is 865. The summed E-state index contributed by atoms with van der Waals surface area (Å²) in [6.45, 7) is 2.03. The lowest BCUT2D eigenvalue weighted by Crippen LogP contribution is -2.07. The fourth-order valence-corrected chi connectivity index (χ4v) is 2.65. The number of pyridine rings is 1. The molecule has 0 bridgehead atoms. The summed E-state index contributed by atoms with van der Waals surface area (Å²) >= 11 is 5.91. The summed E-state index contributed by atoms with van der Waals surface area (Å²) in [6.07, 6.45) is 3.15.